The van der Waals surface area contributed by atoms with E-state index in [0.29, 0.717) is 39.1 Å². The van der Waals surface area contributed by atoms with Crippen molar-refractivity contribution < 1.29 is 4.39 Å². The molecule has 0 amide bonds. The highest BCUT2D eigenvalue weighted by molar-refractivity contribution is 6.43. The van der Waals surface area contributed by atoms with Gasteiger partial charge < -0.3 is 0 Å². The number of hydrogen-bond donors (Lipinski definition) is 0. The summed E-state index contributed by atoms with van der Waals surface area (Å²) in [5.41, 5.74) is 1.99. The maximum Gasteiger partial charge on any atom is 0.125 e. The minimum absolute atomic E-state index is 0.334. The van der Waals surface area contributed by atoms with Gasteiger partial charge in [0.1, 0.15) is 11.6 Å². The molecule has 0 aliphatic carbocycles. The average molecular weight is 344 g/mol. The van der Waals surface area contributed by atoms with E-state index in [9.17, 15) is 4.39 Å². The molecular weight excluding hydrogens is 334 g/mol. The third-order valence-electron chi connectivity index (χ3n) is 3.18. The Kier molecular flexibility index (Phi) is 4.07. The van der Waals surface area contributed by atoms with Gasteiger partial charge in [-0.3, -0.25) is 4.57 Å². The zero-order valence-electron chi connectivity index (χ0n) is 10.8. The number of imidazole rings is 1. The summed E-state index contributed by atoms with van der Waals surface area (Å²) in [5, 5.41) is 0.836. The van der Waals surface area contributed by atoms with Crippen molar-refractivity contribution in [3.63, 3.8) is 0 Å². The third kappa shape index (κ3) is 2.61. The first-order valence-electron chi connectivity index (χ1n) is 6.29. The van der Waals surface area contributed by atoms with Crippen molar-refractivity contribution in [3.8, 4) is 5.69 Å². The molecule has 0 fully saturated rings. The number of nitrogens with zero attached hydrogens (tertiary/aromatic N) is 2. The van der Waals surface area contributed by atoms with Crippen molar-refractivity contribution in [2.75, 3.05) is 5.88 Å². The number of halogens is 4. The maximum absolute atomic E-state index is 13.6. The van der Waals surface area contributed by atoms with E-state index < -0.39 is 0 Å². The molecule has 0 saturated heterocycles. The van der Waals surface area contributed by atoms with Crippen LogP contribution in [0.1, 0.15) is 5.82 Å². The number of aryl methyl sites for hydroxylation is 1. The van der Waals surface area contributed by atoms with E-state index in [1.165, 1.54) is 12.1 Å². The molecular formula is C15H10Cl3FN2. The summed E-state index contributed by atoms with van der Waals surface area (Å²) in [6.07, 6.45) is 0.542. The van der Waals surface area contributed by atoms with Gasteiger partial charge in [0.15, 0.2) is 0 Å². The second-order valence-corrected chi connectivity index (χ2v) is 5.67. The van der Waals surface area contributed by atoms with Crippen LogP contribution in [0.2, 0.25) is 10.0 Å². The van der Waals surface area contributed by atoms with Gasteiger partial charge in [-0.1, -0.05) is 29.3 Å². The summed E-state index contributed by atoms with van der Waals surface area (Å²) in [6.45, 7) is 0. The second kappa shape index (κ2) is 5.84. The second-order valence-electron chi connectivity index (χ2n) is 4.51. The summed E-state index contributed by atoms with van der Waals surface area (Å²) < 4.78 is 15.4. The number of fused-ring (bicyclic) bond motifs is 1. The zero-order valence-corrected chi connectivity index (χ0v) is 13.1. The van der Waals surface area contributed by atoms with Gasteiger partial charge in [-0.15, -0.1) is 11.6 Å². The lowest BCUT2D eigenvalue weighted by atomic mass is 10.2. The minimum Gasteiger partial charge on any atom is -0.295 e. The number of aromatic nitrogens is 2. The molecule has 0 spiro atoms. The van der Waals surface area contributed by atoms with Crippen molar-refractivity contribution in [1.82, 2.24) is 9.55 Å². The van der Waals surface area contributed by atoms with Gasteiger partial charge in [0, 0.05) is 18.4 Å². The fourth-order valence-electron chi connectivity index (χ4n) is 2.28. The van der Waals surface area contributed by atoms with Crippen LogP contribution in [0.4, 0.5) is 4.39 Å². The molecule has 1 heterocycles. The molecule has 0 unspecified atom stereocenters. The van der Waals surface area contributed by atoms with Crippen LogP contribution in [0, 0.1) is 5.82 Å². The van der Waals surface area contributed by atoms with Crippen LogP contribution in [0.5, 0.6) is 0 Å². The topological polar surface area (TPSA) is 17.8 Å². The van der Waals surface area contributed by atoms with Gasteiger partial charge in [-0.25, -0.2) is 9.37 Å². The van der Waals surface area contributed by atoms with E-state index in [2.05, 4.69) is 4.98 Å². The van der Waals surface area contributed by atoms with Crippen LogP contribution < -0.4 is 0 Å². The maximum atomic E-state index is 13.6. The molecule has 108 valence electrons. The van der Waals surface area contributed by atoms with Crippen molar-refractivity contribution in [1.29, 1.82) is 0 Å². The van der Waals surface area contributed by atoms with E-state index in [4.69, 9.17) is 34.8 Å². The van der Waals surface area contributed by atoms with E-state index >= 15 is 0 Å². The number of alkyl halides is 1. The van der Waals surface area contributed by atoms with Gasteiger partial charge >= 0.3 is 0 Å². The Bertz CT molecular complexity index is 814. The summed E-state index contributed by atoms with van der Waals surface area (Å²) in [5.74, 6) is 0.790. The first kappa shape index (κ1) is 14.6. The smallest absolute Gasteiger partial charge is 0.125 e. The molecule has 3 aromatic rings. The van der Waals surface area contributed by atoms with Gasteiger partial charge in [0.05, 0.1) is 26.8 Å². The lowest BCUT2D eigenvalue weighted by molar-refractivity contribution is 0.629. The summed E-state index contributed by atoms with van der Waals surface area (Å²) in [6, 6.07) is 9.75. The minimum atomic E-state index is -0.334. The van der Waals surface area contributed by atoms with Crippen LogP contribution in [0.3, 0.4) is 0 Å². The highest BCUT2D eigenvalue weighted by Crippen LogP contribution is 2.32. The fourth-order valence-corrected chi connectivity index (χ4v) is 2.83. The number of benzene rings is 2. The molecule has 0 saturated carbocycles. The number of hydrogen-bond acceptors (Lipinski definition) is 1. The molecule has 1 aromatic heterocycles. The highest BCUT2D eigenvalue weighted by atomic mass is 35.5. The fraction of sp³-hybridized carbons (Fsp3) is 0.133. The predicted octanol–water partition coefficient (Wildman–Crippen LogP) is 5.25. The van der Waals surface area contributed by atoms with Crippen LogP contribution >= 0.6 is 34.8 Å². The first-order valence-corrected chi connectivity index (χ1v) is 7.58. The summed E-state index contributed by atoms with van der Waals surface area (Å²) >= 11 is 18.2. The van der Waals surface area contributed by atoms with Gasteiger partial charge in [0.2, 0.25) is 0 Å². The highest BCUT2D eigenvalue weighted by Gasteiger charge is 2.16. The van der Waals surface area contributed by atoms with Crippen molar-refractivity contribution >= 4 is 45.8 Å². The summed E-state index contributed by atoms with van der Waals surface area (Å²) in [7, 11) is 0. The van der Waals surface area contributed by atoms with E-state index in [-0.39, 0.29) is 5.82 Å². The molecule has 3 rings (SSSR count). The van der Waals surface area contributed by atoms with E-state index in [1.807, 2.05) is 6.07 Å². The Morgan fingerprint density at radius 1 is 1.14 bits per heavy atom. The Morgan fingerprint density at radius 3 is 2.71 bits per heavy atom. The number of rotatable bonds is 3. The third-order valence-corrected chi connectivity index (χ3v) is 4.17. The van der Waals surface area contributed by atoms with Crippen LogP contribution in [0.25, 0.3) is 16.7 Å². The van der Waals surface area contributed by atoms with Crippen LogP contribution in [-0.4, -0.2) is 15.4 Å². The lowest BCUT2D eigenvalue weighted by Crippen LogP contribution is -2.03. The summed E-state index contributed by atoms with van der Waals surface area (Å²) in [4.78, 5) is 4.50. The quantitative estimate of drug-likeness (QED) is 0.594. The molecule has 6 heteroatoms. The molecule has 2 nitrogen and oxygen atoms in total. The van der Waals surface area contributed by atoms with Crippen LogP contribution in [-0.2, 0) is 6.42 Å². The van der Waals surface area contributed by atoms with Crippen molar-refractivity contribution in [3.05, 3.63) is 58.1 Å². The monoisotopic (exact) mass is 342 g/mol. The van der Waals surface area contributed by atoms with E-state index in [1.54, 1.807) is 22.8 Å². The Morgan fingerprint density at radius 2 is 1.95 bits per heavy atom. The molecule has 0 atom stereocenters. The van der Waals surface area contributed by atoms with Gasteiger partial charge in [-0.2, -0.15) is 0 Å². The Hall–Kier alpha value is -1.29. The molecule has 0 radical (unpaired) electrons. The zero-order chi connectivity index (χ0) is 15.0. The first-order chi connectivity index (χ1) is 10.1. The molecule has 2 aromatic carbocycles. The SMILES string of the molecule is Fc1ccc2nc(CCCl)n(-c3cccc(Cl)c3Cl)c2c1. The van der Waals surface area contributed by atoms with Crippen molar-refractivity contribution in [2.24, 2.45) is 0 Å². The average Bonchev–Trinajstić information content (AvgIpc) is 2.80. The molecule has 0 bridgehead atoms. The van der Waals surface area contributed by atoms with Crippen LogP contribution in [0.15, 0.2) is 36.4 Å². The standard InChI is InChI=1S/C15H10Cl3FN2/c16-7-6-14-20-11-5-4-9(19)8-13(11)21(14)12-3-1-2-10(17)15(12)18/h1-5,8H,6-7H2. The lowest BCUT2D eigenvalue weighted by Gasteiger charge is -2.11. The molecule has 0 aliphatic heterocycles. The molecule has 21 heavy (non-hydrogen) atoms. The molecule has 0 N–H and O–H groups in total. The van der Waals surface area contributed by atoms with Gasteiger partial charge in [0.25, 0.3) is 0 Å². The molecule has 0 aliphatic rings. The Balaban J connectivity index is 2.35. The van der Waals surface area contributed by atoms with E-state index in [0.717, 1.165) is 5.82 Å². The predicted molar refractivity (Wildman–Crippen MR) is 85.5 cm³/mol. The largest absolute Gasteiger partial charge is 0.295 e. The van der Waals surface area contributed by atoms with Crippen molar-refractivity contribution in [2.45, 2.75) is 6.42 Å². The Labute approximate surface area is 136 Å². The van der Waals surface area contributed by atoms with Gasteiger partial charge in [-0.05, 0) is 24.3 Å². The normalized spacial score (nSPS) is 11.2.